The summed E-state index contributed by atoms with van der Waals surface area (Å²) in [5.74, 6) is -0.139. The standard InChI is InChI=1S/C11H23NO3/c1-3-12(4-2)8-7-11(14)15-10-6-5-9-13/h13H,3-10H2,1-2H3. The second kappa shape index (κ2) is 9.93. The largest absolute Gasteiger partial charge is 0.466 e. The van der Waals surface area contributed by atoms with E-state index in [1.165, 1.54) is 0 Å². The molecule has 0 saturated carbocycles. The summed E-state index contributed by atoms with van der Waals surface area (Å²) in [4.78, 5) is 13.4. The summed E-state index contributed by atoms with van der Waals surface area (Å²) in [5, 5.41) is 8.52. The van der Waals surface area contributed by atoms with Gasteiger partial charge in [-0.1, -0.05) is 13.8 Å². The lowest BCUT2D eigenvalue weighted by Gasteiger charge is -2.16. The second-order valence-corrected chi connectivity index (χ2v) is 3.43. The highest BCUT2D eigenvalue weighted by molar-refractivity contribution is 5.69. The Morgan fingerprint density at radius 2 is 1.93 bits per heavy atom. The second-order valence-electron chi connectivity index (χ2n) is 3.43. The van der Waals surface area contributed by atoms with Gasteiger partial charge in [0.05, 0.1) is 13.0 Å². The highest BCUT2D eigenvalue weighted by atomic mass is 16.5. The molecule has 0 aliphatic carbocycles. The first kappa shape index (κ1) is 14.4. The van der Waals surface area contributed by atoms with Crippen molar-refractivity contribution >= 4 is 5.97 Å². The van der Waals surface area contributed by atoms with Crippen LogP contribution in [0.15, 0.2) is 0 Å². The van der Waals surface area contributed by atoms with E-state index in [9.17, 15) is 4.79 Å². The van der Waals surface area contributed by atoms with E-state index in [-0.39, 0.29) is 12.6 Å². The number of hydrogen-bond donors (Lipinski definition) is 1. The van der Waals surface area contributed by atoms with Gasteiger partial charge in [0.15, 0.2) is 0 Å². The van der Waals surface area contributed by atoms with E-state index in [1.807, 2.05) is 0 Å². The minimum atomic E-state index is -0.139. The molecule has 0 bridgehead atoms. The molecule has 0 unspecified atom stereocenters. The van der Waals surface area contributed by atoms with Crippen LogP contribution < -0.4 is 0 Å². The molecule has 0 aliphatic heterocycles. The van der Waals surface area contributed by atoms with Crippen LogP contribution in [0.4, 0.5) is 0 Å². The third-order valence-electron chi connectivity index (χ3n) is 2.34. The van der Waals surface area contributed by atoms with E-state index in [0.717, 1.165) is 26.1 Å². The zero-order valence-corrected chi connectivity index (χ0v) is 9.87. The van der Waals surface area contributed by atoms with Gasteiger partial charge in [0.25, 0.3) is 0 Å². The molecule has 0 radical (unpaired) electrons. The van der Waals surface area contributed by atoms with Gasteiger partial charge in [-0.2, -0.15) is 0 Å². The van der Waals surface area contributed by atoms with Gasteiger partial charge >= 0.3 is 5.97 Å². The van der Waals surface area contributed by atoms with Gasteiger partial charge < -0.3 is 14.7 Å². The molecule has 0 aromatic carbocycles. The lowest BCUT2D eigenvalue weighted by molar-refractivity contribution is -0.144. The summed E-state index contributed by atoms with van der Waals surface area (Å²) in [6, 6.07) is 0. The Labute approximate surface area is 92.2 Å². The Morgan fingerprint density at radius 1 is 1.27 bits per heavy atom. The van der Waals surface area contributed by atoms with Gasteiger partial charge in [-0.15, -0.1) is 0 Å². The molecule has 15 heavy (non-hydrogen) atoms. The first-order chi connectivity index (χ1) is 7.24. The number of carbonyl (C=O) groups excluding carboxylic acids is 1. The Hall–Kier alpha value is -0.610. The number of carbonyl (C=O) groups is 1. The van der Waals surface area contributed by atoms with Crippen LogP contribution >= 0.6 is 0 Å². The van der Waals surface area contributed by atoms with Crippen molar-refractivity contribution in [3.63, 3.8) is 0 Å². The summed E-state index contributed by atoms with van der Waals surface area (Å²) in [6.45, 7) is 7.45. The summed E-state index contributed by atoms with van der Waals surface area (Å²) >= 11 is 0. The number of hydrogen-bond acceptors (Lipinski definition) is 4. The molecule has 0 amide bonds. The number of rotatable bonds is 9. The Balaban J connectivity index is 3.40. The average molecular weight is 217 g/mol. The zero-order chi connectivity index (χ0) is 11.5. The fourth-order valence-electron chi connectivity index (χ4n) is 1.26. The number of aliphatic hydroxyl groups excluding tert-OH is 1. The van der Waals surface area contributed by atoms with Crippen LogP contribution in [0.1, 0.15) is 33.1 Å². The van der Waals surface area contributed by atoms with Crippen molar-refractivity contribution in [2.75, 3.05) is 32.8 Å². The third kappa shape index (κ3) is 8.39. The first-order valence-electron chi connectivity index (χ1n) is 5.73. The van der Waals surface area contributed by atoms with E-state index in [0.29, 0.717) is 19.4 Å². The quantitative estimate of drug-likeness (QED) is 0.463. The highest BCUT2D eigenvalue weighted by Crippen LogP contribution is 1.95. The van der Waals surface area contributed by atoms with Gasteiger partial charge in [-0.05, 0) is 25.9 Å². The molecule has 90 valence electrons. The molecule has 4 nitrogen and oxygen atoms in total. The molecular formula is C11H23NO3. The van der Waals surface area contributed by atoms with Gasteiger partial charge in [-0.25, -0.2) is 0 Å². The molecule has 0 rings (SSSR count). The van der Waals surface area contributed by atoms with Crippen LogP contribution in [-0.2, 0) is 9.53 Å². The molecule has 1 N–H and O–H groups in total. The molecule has 0 aromatic heterocycles. The molecule has 0 heterocycles. The highest BCUT2D eigenvalue weighted by Gasteiger charge is 2.05. The molecule has 4 heteroatoms. The van der Waals surface area contributed by atoms with E-state index in [4.69, 9.17) is 9.84 Å². The van der Waals surface area contributed by atoms with Gasteiger partial charge in [0.2, 0.25) is 0 Å². The molecule has 0 fully saturated rings. The van der Waals surface area contributed by atoms with Gasteiger partial charge in [-0.3, -0.25) is 4.79 Å². The van der Waals surface area contributed by atoms with Crippen molar-refractivity contribution in [1.82, 2.24) is 4.90 Å². The predicted octanol–water partition coefficient (Wildman–Crippen LogP) is 1.03. The summed E-state index contributed by atoms with van der Waals surface area (Å²) < 4.78 is 5.01. The van der Waals surface area contributed by atoms with Crippen molar-refractivity contribution in [3.8, 4) is 0 Å². The lowest BCUT2D eigenvalue weighted by atomic mass is 10.3. The number of ether oxygens (including phenoxy) is 1. The number of esters is 1. The Morgan fingerprint density at radius 3 is 2.47 bits per heavy atom. The van der Waals surface area contributed by atoms with E-state index in [2.05, 4.69) is 18.7 Å². The van der Waals surface area contributed by atoms with Gasteiger partial charge in [0, 0.05) is 13.2 Å². The smallest absolute Gasteiger partial charge is 0.307 e. The average Bonchev–Trinajstić information content (AvgIpc) is 2.26. The minimum Gasteiger partial charge on any atom is -0.466 e. The number of nitrogens with zero attached hydrogens (tertiary/aromatic N) is 1. The molecule has 0 aliphatic rings. The van der Waals surface area contributed by atoms with Crippen LogP contribution in [-0.4, -0.2) is 48.8 Å². The molecule has 0 aromatic rings. The minimum absolute atomic E-state index is 0.139. The lowest BCUT2D eigenvalue weighted by Crippen LogP contribution is -2.26. The van der Waals surface area contributed by atoms with Crippen molar-refractivity contribution < 1.29 is 14.6 Å². The summed E-state index contributed by atoms with van der Waals surface area (Å²) in [5.41, 5.74) is 0. The van der Waals surface area contributed by atoms with E-state index < -0.39 is 0 Å². The van der Waals surface area contributed by atoms with Crippen molar-refractivity contribution in [2.45, 2.75) is 33.1 Å². The normalized spacial score (nSPS) is 10.7. The monoisotopic (exact) mass is 217 g/mol. The maximum atomic E-state index is 11.2. The zero-order valence-electron chi connectivity index (χ0n) is 9.87. The topological polar surface area (TPSA) is 49.8 Å². The van der Waals surface area contributed by atoms with Gasteiger partial charge in [0.1, 0.15) is 0 Å². The fourth-order valence-corrected chi connectivity index (χ4v) is 1.26. The third-order valence-corrected chi connectivity index (χ3v) is 2.34. The predicted molar refractivity (Wildman–Crippen MR) is 59.7 cm³/mol. The SMILES string of the molecule is CCN(CC)CCC(=O)OCCCCO. The Kier molecular flexibility index (Phi) is 9.52. The van der Waals surface area contributed by atoms with Crippen LogP contribution in [0, 0.1) is 0 Å². The Bertz CT molecular complexity index is 158. The molecular weight excluding hydrogens is 194 g/mol. The number of aliphatic hydroxyl groups is 1. The maximum Gasteiger partial charge on any atom is 0.307 e. The van der Waals surface area contributed by atoms with Crippen LogP contribution in [0.5, 0.6) is 0 Å². The van der Waals surface area contributed by atoms with Crippen molar-refractivity contribution in [1.29, 1.82) is 0 Å². The van der Waals surface area contributed by atoms with Crippen molar-refractivity contribution in [3.05, 3.63) is 0 Å². The van der Waals surface area contributed by atoms with E-state index in [1.54, 1.807) is 0 Å². The first-order valence-corrected chi connectivity index (χ1v) is 5.73. The fraction of sp³-hybridized carbons (Fsp3) is 0.909. The summed E-state index contributed by atoms with van der Waals surface area (Å²) in [7, 11) is 0. The van der Waals surface area contributed by atoms with Crippen LogP contribution in [0.3, 0.4) is 0 Å². The molecule has 0 atom stereocenters. The van der Waals surface area contributed by atoms with E-state index >= 15 is 0 Å². The van der Waals surface area contributed by atoms with Crippen LogP contribution in [0.2, 0.25) is 0 Å². The summed E-state index contributed by atoms with van der Waals surface area (Å²) in [6.07, 6.45) is 1.90. The number of unbranched alkanes of at least 4 members (excludes halogenated alkanes) is 1. The maximum absolute atomic E-state index is 11.2. The molecule has 0 saturated heterocycles. The molecule has 0 spiro atoms. The van der Waals surface area contributed by atoms with Crippen molar-refractivity contribution in [2.24, 2.45) is 0 Å². The van der Waals surface area contributed by atoms with Crippen LogP contribution in [0.25, 0.3) is 0 Å².